The molecule has 1 saturated heterocycles. The van der Waals surface area contributed by atoms with Gasteiger partial charge >= 0.3 is 0 Å². The largest absolute Gasteiger partial charge is 0.376 e. The number of amides is 1. The third kappa shape index (κ3) is 4.77. The lowest BCUT2D eigenvalue weighted by Crippen LogP contribution is -2.39. The van der Waals surface area contributed by atoms with Crippen molar-refractivity contribution in [3.63, 3.8) is 0 Å². The molecule has 1 amide bonds. The van der Waals surface area contributed by atoms with Gasteiger partial charge in [0.15, 0.2) is 0 Å². The highest BCUT2D eigenvalue weighted by Crippen LogP contribution is 2.48. The third-order valence-corrected chi connectivity index (χ3v) is 7.64. The van der Waals surface area contributed by atoms with Gasteiger partial charge in [-0.25, -0.2) is 8.42 Å². The quantitative estimate of drug-likeness (QED) is 0.649. The van der Waals surface area contributed by atoms with Crippen LogP contribution in [-0.2, 0) is 25.0 Å². The molecular weight excluding hydrogens is 412 g/mol. The fourth-order valence-electron chi connectivity index (χ4n) is 4.06. The van der Waals surface area contributed by atoms with Crippen molar-refractivity contribution >= 4 is 21.6 Å². The Hall–Kier alpha value is -2.38. The van der Waals surface area contributed by atoms with Crippen molar-refractivity contribution in [2.24, 2.45) is 0 Å². The van der Waals surface area contributed by atoms with E-state index < -0.39 is 15.4 Å². The number of nitrogens with one attached hydrogen (secondary N) is 2. The van der Waals surface area contributed by atoms with E-state index in [9.17, 15) is 13.2 Å². The molecule has 0 spiro atoms. The minimum atomic E-state index is -3.67. The summed E-state index contributed by atoms with van der Waals surface area (Å²) in [6, 6.07) is 14.1. The highest BCUT2D eigenvalue weighted by atomic mass is 32.2. The molecule has 1 aliphatic carbocycles. The minimum absolute atomic E-state index is 0.0292. The molecule has 6 nitrogen and oxygen atoms in total. The van der Waals surface area contributed by atoms with Crippen molar-refractivity contribution in [2.45, 2.75) is 61.9 Å². The zero-order valence-corrected chi connectivity index (χ0v) is 18.9. The molecule has 0 aromatic heterocycles. The summed E-state index contributed by atoms with van der Waals surface area (Å²) in [7, 11) is -3.67. The molecule has 166 valence electrons. The van der Waals surface area contributed by atoms with Crippen molar-refractivity contribution in [1.82, 2.24) is 5.32 Å². The second-order valence-electron chi connectivity index (χ2n) is 8.83. The summed E-state index contributed by atoms with van der Waals surface area (Å²) in [5.74, 6) is 0.372. The van der Waals surface area contributed by atoms with Crippen molar-refractivity contribution in [3.05, 3.63) is 59.7 Å². The number of ether oxygens (including phenoxy) is 1. The zero-order valence-electron chi connectivity index (χ0n) is 18.1. The summed E-state index contributed by atoms with van der Waals surface area (Å²) in [5.41, 5.74) is 1.99. The number of anilines is 1. The molecule has 0 unspecified atom stereocenters. The molecule has 1 saturated carbocycles. The van der Waals surface area contributed by atoms with Crippen LogP contribution >= 0.6 is 0 Å². The van der Waals surface area contributed by atoms with Gasteiger partial charge in [0.2, 0.25) is 5.91 Å². The molecule has 4 rings (SSSR count). The number of hydrogen-bond acceptors (Lipinski definition) is 4. The van der Waals surface area contributed by atoms with Crippen LogP contribution in [0.1, 0.15) is 56.6 Å². The van der Waals surface area contributed by atoms with Crippen LogP contribution in [0, 0.1) is 0 Å². The summed E-state index contributed by atoms with van der Waals surface area (Å²) < 4.78 is 33.6. The van der Waals surface area contributed by atoms with E-state index in [4.69, 9.17) is 4.74 Å². The lowest BCUT2D eigenvalue weighted by molar-refractivity contribution is -0.124. The Morgan fingerprint density at radius 2 is 1.77 bits per heavy atom. The second kappa shape index (κ2) is 8.63. The Morgan fingerprint density at radius 3 is 2.32 bits per heavy atom. The predicted molar refractivity (Wildman–Crippen MR) is 121 cm³/mol. The lowest BCUT2D eigenvalue weighted by atomic mass is 9.94. The number of hydrogen-bond donors (Lipinski definition) is 2. The summed E-state index contributed by atoms with van der Waals surface area (Å²) >= 11 is 0. The van der Waals surface area contributed by atoms with Gasteiger partial charge in [0, 0.05) is 18.8 Å². The van der Waals surface area contributed by atoms with E-state index in [1.54, 1.807) is 24.3 Å². The van der Waals surface area contributed by atoms with E-state index >= 15 is 0 Å². The van der Waals surface area contributed by atoms with E-state index in [0.717, 1.165) is 43.4 Å². The van der Waals surface area contributed by atoms with Gasteiger partial charge in [-0.1, -0.05) is 38.1 Å². The van der Waals surface area contributed by atoms with Gasteiger partial charge in [0.25, 0.3) is 10.0 Å². The van der Waals surface area contributed by atoms with Gasteiger partial charge in [-0.05, 0) is 67.0 Å². The van der Waals surface area contributed by atoms with Crippen LogP contribution in [0.4, 0.5) is 5.69 Å². The van der Waals surface area contributed by atoms with Crippen LogP contribution < -0.4 is 10.0 Å². The SMILES string of the molecule is CC(C)c1ccc(S(=O)(=O)Nc2ccc(C3(C(=O)NC[C@@H]4CCCO4)CC3)cc2)cc1. The molecule has 1 atom stereocenters. The minimum Gasteiger partial charge on any atom is -0.376 e. The molecule has 2 aliphatic rings. The Bertz CT molecular complexity index is 1020. The van der Waals surface area contributed by atoms with Gasteiger partial charge in [-0.3, -0.25) is 9.52 Å². The third-order valence-electron chi connectivity index (χ3n) is 6.25. The molecule has 2 aromatic rings. The zero-order chi connectivity index (χ0) is 22.1. The first kappa shape index (κ1) is 21.8. The average molecular weight is 443 g/mol. The van der Waals surface area contributed by atoms with Gasteiger partial charge in [0.1, 0.15) is 0 Å². The van der Waals surface area contributed by atoms with E-state index in [2.05, 4.69) is 23.9 Å². The molecule has 1 aliphatic heterocycles. The number of carbonyl (C=O) groups is 1. The summed E-state index contributed by atoms with van der Waals surface area (Å²) in [6.07, 6.45) is 3.76. The van der Waals surface area contributed by atoms with Crippen LogP contribution in [0.5, 0.6) is 0 Å². The topological polar surface area (TPSA) is 84.5 Å². The lowest BCUT2D eigenvalue weighted by Gasteiger charge is -2.18. The van der Waals surface area contributed by atoms with Crippen molar-refractivity contribution < 1.29 is 17.9 Å². The maximum atomic E-state index is 12.8. The average Bonchev–Trinajstić information content (AvgIpc) is 3.40. The first-order valence-corrected chi connectivity index (χ1v) is 12.4. The number of rotatable bonds is 8. The van der Waals surface area contributed by atoms with E-state index in [0.29, 0.717) is 18.2 Å². The highest BCUT2D eigenvalue weighted by molar-refractivity contribution is 7.92. The molecule has 0 radical (unpaired) electrons. The van der Waals surface area contributed by atoms with Gasteiger partial charge < -0.3 is 10.1 Å². The summed E-state index contributed by atoms with van der Waals surface area (Å²) in [5, 5.41) is 3.04. The van der Waals surface area contributed by atoms with Crippen LogP contribution in [0.3, 0.4) is 0 Å². The van der Waals surface area contributed by atoms with Gasteiger partial charge in [-0.15, -0.1) is 0 Å². The second-order valence-corrected chi connectivity index (χ2v) is 10.5. The summed E-state index contributed by atoms with van der Waals surface area (Å²) in [6.45, 7) is 5.45. The number of carbonyl (C=O) groups excluding carboxylic acids is 1. The van der Waals surface area contributed by atoms with Gasteiger partial charge in [0.05, 0.1) is 16.4 Å². The molecule has 2 fully saturated rings. The standard InChI is InChI=1S/C24H30N2O4S/c1-17(2)18-5-11-22(12-6-18)31(28,29)26-20-9-7-19(8-10-20)24(13-14-24)23(27)25-16-21-4-3-15-30-21/h5-12,17,21,26H,3-4,13-16H2,1-2H3,(H,25,27)/t21-/m0/s1. The molecule has 2 aromatic carbocycles. The highest BCUT2D eigenvalue weighted by Gasteiger charge is 2.51. The molecular formula is C24H30N2O4S. The van der Waals surface area contributed by atoms with Crippen LogP contribution in [0.15, 0.2) is 53.4 Å². The first-order chi connectivity index (χ1) is 14.8. The van der Waals surface area contributed by atoms with Crippen molar-refractivity contribution in [2.75, 3.05) is 17.9 Å². The van der Waals surface area contributed by atoms with Crippen molar-refractivity contribution in [1.29, 1.82) is 0 Å². The Morgan fingerprint density at radius 1 is 1.10 bits per heavy atom. The maximum absolute atomic E-state index is 12.8. The fourth-order valence-corrected chi connectivity index (χ4v) is 5.11. The van der Waals surface area contributed by atoms with Crippen LogP contribution in [0.2, 0.25) is 0 Å². The molecule has 1 heterocycles. The Labute approximate surface area is 184 Å². The molecule has 0 bridgehead atoms. The van der Waals surface area contributed by atoms with E-state index in [1.807, 2.05) is 24.3 Å². The van der Waals surface area contributed by atoms with E-state index in [-0.39, 0.29) is 16.9 Å². The number of benzene rings is 2. The fraction of sp³-hybridized carbons (Fsp3) is 0.458. The Balaban J connectivity index is 1.41. The first-order valence-electron chi connectivity index (χ1n) is 10.9. The van der Waals surface area contributed by atoms with Gasteiger partial charge in [-0.2, -0.15) is 0 Å². The molecule has 31 heavy (non-hydrogen) atoms. The monoisotopic (exact) mass is 442 g/mol. The normalized spacial score (nSPS) is 19.9. The molecule has 7 heteroatoms. The van der Waals surface area contributed by atoms with Crippen LogP contribution in [-0.4, -0.2) is 33.6 Å². The molecule has 2 N–H and O–H groups in total. The van der Waals surface area contributed by atoms with E-state index in [1.165, 1.54) is 0 Å². The number of sulfonamides is 1. The summed E-state index contributed by atoms with van der Waals surface area (Å²) in [4.78, 5) is 13.0. The maximum Gasteiger partial charge on any atom is 0.261 e. The van der Waals surface area contributed by atoms with Crippen LogP contribution in [0.25, 0.3) is 0 Å². The smallest absolute Gasteiger partial charge is 0.261 e. The Kier molecular flexibility index (Phi) is 6.08. The van der Waals surface area contributed by atoms with Crippen molar-refractivity contribution in [3.8, 4) is 0 Å². The predicted octanol–water partition coefficient (Wildman–Crippen LogP) is 3.94.